The van der Waals surface area contributed by atoms with E-state index in [0.29, 0.717) is 13.0 Å². The van der Waals surface area contributed by atoms with Crippen molar-refractivity contribution in [3.05, 3.63) is 22.4 Å². The molecule has 5 nitrogen and oxygen atoms in total. The Balaban J connectivity index is 2.51. The highest BCUT2D eigenvalue weighted by molar-refractivity contribution is 7.90. The second kappa shape index (κ2) is 8.26. The van der Waals surface area contributed by atoms with Gasteiger partial charge in [0.1, 0.15) is 9.84 Å². The van der Waals surface area contributed by atoms with E-state index in [9.17, 15) is 8.42 Å². The first-order chi connectivity index (χ1) is 9.40. The minimum Gasteiger partial charge on any atom is -0.357 e. The van der Waals surface area contributed by atoms with Gasteiger partial charge in [-0.1, -0.05) is 6.07 Å². The van der Waals surface area contributed by atoms with Crippen LogP contribution < -0.4 is 10.6 Å². The lowest BCUT2D eigenvalue weighted by Crippen LogP contribution is -2.42. The Morgan fingerprint density at radius 1 is 1.50 bits per heavy atom. The summed E-state index contributed by atoms with van der Waals surface area (Å²) in [6, 6.07) is 4.11. The third-order valence-corrected chi connectivity index (χ3v) is 4.46. The van der Waals surface area contributed by atoms with Crippen molar-refractivity contribution < 1.29 is 8.42 Å². The van der Waals surface area contributed by atoms with E-state index in [1.165, 1.54) is 11.1 Å². The molecule has 20 heavy (non-hydrogen) atoms. The van der Waals surface area contributed by atoms with E-state index >= 15 is 0 Å². The van der Waals surface area contributed by atoms with Crippen molar-refractivity contribution in [2.75, 3.05) is 18.6 Å². The fourth-order valence-corrected chi connectivity index (χ4v) is 2.99. The van der Waals surface area contributed by atoms with Crippen molar-refractivity contribution in [1.29, 1.82) is 0 Å². The topological polar surface area (TPSA) is 70.6 Å². The van der Waals surface area contributed by atoms with Crippen molar-refractivity contribution in [2.45, 2.75) is 32.9 Å². The largest absolute Gasteiger partial charge is 0.357 e. The molecule has 114 valence electrons. The molecule has 0 amide bonds. The van der Waals surface area contributed by atoms with Crippen LogP contribution in [-0.4, -0.2) is 39.0 Å². The molecule has 0 aromatic carbocycles. The van der Waals surface area contributed by atoms with Gasteiger partial charge in [-0.25, -0.2) is 13.4 Å². The average molecular weight is 317 g/mol. The zero-order valence-electron chi connectivity index (χ0n) is 12.2. The minimum absolute atomic E-state index is 0.0610. The van der Waals surface area contributed by atoms with Gasteiger partial charge in [-0.15, -0.1) is 11.3 Å². The predicted molar refractivity (Wildman–Crippen MR) is 86.1 cm³/mol. The molecule has 1 rings (SSSR count). The van der Waals surface area contributed by atoms with Gasteiger partial charge in [-0.2, -0.15) is 0 Å². The van der Waals surface area contributed by atoms with Crippen LogP contribution in [0.15, 0.2) is 22.5 Å². The molecular formula is C13H23N3O2S2. The average Bonchev–Trinajstić information content (AvgIpc) is 2.86. The highest BCUT2D eigenvalue weighted by Gasteiger charge is 2.09. The van der Waals surface area contributed by atoms with E-state index in [1.807, 2.05) is 31.4 Å². The van der Waals surface area contributed by atoms with E-state index < -0.39 is 9.84 Å². The zero-order chi connectivity index (χ0) is 15.0. The standard InChI is InChI=1S/C13H23N3O2S2/c1-4-14-13(15-10-12-6-5-8-19-12)16-11(2)7-9-20(3,17)18/h5-6,8,11H,4,7,9-10H2,1-3H3,(H2,14,15,16). The highest BCUT2D eigenvalue weighted by atomic mass is 32.2. The van der Waals surface area contributed by atoms with Gasteiger partial charge in [0.05, 0.1) is 12.3 Å². The Kier molecular flexibility index (Phi) is 7.01. The number of aliphatic imine (C=N–C) groups is 1. The molecule has 0 bridgehead atoms. The summed E-state index contributed by atoms with van der Waals surface area (Å²) in [6.45, 7) is 5.37. The maximum atomic E-state index is 11.2. The van der Waals surface area contributed by atoms with Gasteiger partial charge in [0.25, 0.3) is 0 Å². The third kappa shape index (κ3) is 7.49. The molecule has 1 aromatic rings. The molecule has 1 unspecified atom stereocenters. The van der Waals surface area contributed by atoms with Gasteiger partial charge in [0.15, 0.2) is 5.96 Å². The number of sulfone groups is 1. The third-order valence-electron chi connectivity index (χ3n) is 2.62. The molecule has 0 aliphatic heterocycles. The number of rotatable bonds is 7. The van der Waals surface area contributed by atoms with Crippen molar-refractivity contribution in [3.63, 3.8) is 0 Å². The Morgan fingerprint density at radius 3 is 2.80 bits per heavy atom. The molecule has 7 heteroatoms. The second-order valence-corrected chi connectivity index (χ2v) is 8.03. The molecule has 0 fully saturated rings. The summed E-state index contributed by atoms with van der Waals surface area (Å²) in [5, 5.41) is 8.43. The maximum Gasteiger partial charge on any atom is 0.191 e. The molecular weight excluding hydrogens is 294 g/mol. The van der Waals surface area contributed by atoms with E-state index in [-0.39, 0.29) is 11.8 Å². The quantitative estimate of drug-likeness (QED) is 0.592. The van der Waals surface area contributed by atoms with Crippen LogP contribution >= 0.6 is 11.3 Å². The molecule has 2 N–H and O–H groups in total. The summed E-state index contributed by atoms with van der Waals surface area (Å²) in [5.74, 6) is 0.910. The van der Waals surface area contributed by atoms with Crippen molar-refractivity contribution in [2.24, 2.45) is 4.99 Å². The number of nitrogens with one attached hydrogen (secondary N) is 2. The summed E-state index contributed by atoms with van der Waals surface area (Å²) in [5.41, 5.74) is 0. The van der Waals surface area contributed by atoms with Gasteiger partial charge in [0, 0.05) is 23.7 Å². The number of hydrogen-bond acceptors (Lipinski definition) is 4. The van der Waals surface area contributed by atoms with Crippen molar-refractivity contribution >= 4 is 27.1 Å². The van der Waals surface area contributed by atoms with E-state index in [2.05, 4.69) is 15.6 Å². The van der Waals surface area contributed by atoms with Gasteiger partial charge in [-0.3, -0.25) is 0 Å². The molecule has 1 atom stereocenters. The summed E-state index contributed by atoms with van der Waals surface area (Å²) >= 11 is 1.67. The first-order valence-electron chi connectivity index (χ1n) is 6.65. The van der Waals surface area contributed by atoms with Crippen LogP contribution in [0.2, 0.25) is 0 Å². The second-order valence-electron chi connectivity index (χ2n) is 4.74. The Morgan fingerprint density at radius 2 is 2.25 bits per heavy atom. The first-order valence-corrected chi connectivity index (χ1v) is 9.59. The van der Waals surface area contributed by atoms with Crippen LogP contribution in [0.4, 0.5) is 0 Å². The Labute approximate surface area is 125 Å². The first kappa shape index (κ1) is 17.0. The molecule has 0 saturated carbocycles. The smallest absolute Gasteiger partial charge is 0.191 e. The molecule has 1 aromatic heterocycles. The van der Waals surface area contributed by atoms with Crippen LogP contribution in [0.3, 0.4) is 0 Å². The SMILES string of the molecule is CCNC(=NCc1cccs1)NC(C)CCS(C)(=O)=O. The highest BCUT2D eigenvalue weighted by Crippen LogP contribution is 2.09. The minimum atomic E-state index is -2.91. The predicted octanol–water partition coefficient (Wildman–Crippen LogP) is 1.63. The van der Waals surface area contributed by atoms with Gasteiger partial charge >= 0.3 is 0 Å². The zero-order valence-corrected chi connectivity index (χ0v) is 13.9. The van der Waals surface area contributed by atoms with Crippen molar-refractivity contribution in [3.8, 4) is 0 Å². The summed E-state index contributed by atoms with van der Waals surface area (Å²) in [6.07, 6.45) is 1.83. The van der Waals surface area contributed by atoms with Crippen LogP contribution in [0, 0.1) is 0 Å². The van der Waals surface area contributed by atoms with Crippen LogP contribution in [0.5, 0.6) is 0 Å². The number of thiophene rings is 1. The maximum absolute atomic E-state index is 11.2. The van der Waals surface area contributed by atoms with Crippen LogP contribution in [0.1, 0.15) is 25.1 Å². The Bertz CT molecular complexity index is 510. The summed E-state index contributed by atoms with van der Waals surface area (Å²) < 4.78 is 22.3. The molecule has 0 aliphatic carbocycles. The summed E-state index contributed by atoms with van der Waals surface area (Å²) in [4.78, 5) is 5.70. The lowest BCUT2D eigenvalue weighted by atomic mass is 10.3. The molecule has 0 spiro atoms. The summed E-state index contributed by atoms with van der Waals surface area (Å²) in [7, 11) is -2.91. The molecule has 0 radical (unpaired) electrons. The number of guanidine groups is 1. The van der Waals surface area contributed by atoms with Gasteiger partial charge in [0.2, 0.25) is 0 Å². The molecule has 0 aliphatic rings. The van der Waals surface area contributed by atoms with Crippen LogP contribution in [0.25, 0.3) is 0 Å². The molecule has 0 saturated heterocycles. The lowest BCUT2D eigenvalue weighted by molar-refractivity contribution is 0.581. The Hall–Kier alpha value is -1.08. The fourth-order valence-electron chi connectivity index (χ4n) is 1.58. The molecule has 1 heterocycles. The van der Waals surface area contributed by atoms with E-state index in [0.717, 1.165) is 12.5 Å². The van der Waals surface area contributed by atoms with E-state index in [4.69, 9.17) is 0 Å². The van der Waals surface area contributed by atoms with Gasteiger partial charge < -0.3 is 10.6 Å². The van der Waals surface area contributed by atoms with Crippen molar-refractivity contribution in [1.82, 2.24) is 10.6 Å². The number of nitrogens with zero attached hydrogens (tertiary/aromatic N) is 1. The monoisotopic (exact) mass is 317 g/mol. The number of hydrogen-bond donors (Lipinski definition) is 2. The van der Waals surface area contributed by atoms with E-state index in [1.54, 1.807) is 11.3 Å². The normalized spacial score (nSPS) is 14.1. The fraction of sp³-hybridized carbons (Fsp3) is 0.615. The van der Waals surface area contributed by atoms with Gasteiger partial charge in [-0.05, 0) is 31.7 Å². The van der Waals surface area contributed by atoms with Crippen LogP contribution in [-0.2, 0) is 16.4 Å². The lowest BCUT2D eigenvalue weighted by Gasteiger charge is -2.17.